The minimum atomic E-state index is -0.567. The van der Waals surface area contributed by atoms with Gasteiger partial charge in [-0.15, -0.1) is 0 Å². The summed E-state index contributed by atoms with van der Waals surface area (Å²) in [4.78, 5) is 38.0. The Balaban J connectivity index is 0.000000248. The summed E-state index contributed by atoms with van der Waals surface area (Å²) < 4.78 is 10.2. The highest BCUT2D eigenvalue weighted by Gasteiger charge is 2.15. The van der Waals surface area contributed by atoms with Gasteiger partial charge < -0.3 is 9.47 Å². The monoisotopic (exact) mass is 423 g/mol. The third kappa shape index (κ3) is 7.52. The zero-order valence-corrected chi connectivity index (χ0v) is 17.4. The van der Waals surface area contributed by atoms with Crippen molar-refractivity contribution in [3.8, 4) is 11.5 Å². The third-order valence-electron chi connectivity index (χ3n) is 3.61. The van der Waals surface area contributed by atoms with E-state index in [9.17, 15) is 14.4 Å². The second kappa shape index (κ2) is 12.2. The van der Waals surface area contributed by atoms with Crippen LogP contribution in [0.15, 0.2) is 83.5 Å². The molecule has 7 heteroatoms. The molecule has 1 aliphatic rings. The maximum absolute atomic E-state index is 12.0. The Morgan fingerprint density at radius 3 is 2.37 bits per heavy atom. The molecular weight excluding hydrogens is 402 g/mol. The van der Waals surface area contributed by atoms with Crippen LogP contribution >= 0.6 is 11.8 Å². The highest BCUT2D eigenvalue weighted by molar-refractivity contribution is 8.13. The number of hydrogen-bond donors (Lipinski definition) is 0. The average molecular weight is 423 g/mol. The molecule has 0 aromatic heterocycles. The molecule has 3 rings (SSSR count). The van der Waals surface area contributed by atoms with Gasteiger partial charge in [0.25, 0.3) is 0 Å². The lowest BCUT2D eigenvalue weighted by atomic mass is 10.2. The maximum atomic E-state index is 12.0. The van der Waals surface area contributed by atoms with E-state index >= 15 is 0 Å². The van der Waals surface area contributed by atoms with Crippen LogP contribution in [0.4, 0.5) is 0 Å². The van der Waals surface area contributed by atoms with Crippen LogP contribution in [0, 0.1) is 0 Å². The molecule has 0 bridgehead atoms. The highest BCUT2D eigenvalue weighted by atomic mass is 32.2. The lowest BCUT2D eigenvalue weighted by molar-refractivity contribution is -0.131. The zero-order chi connectivity index (χ0) is 21.8. The minimum absolute atomic E-state index is 0.0810. The predicted octanol–water partition coefficient (Wildman–Crippen LogP) is 4.62. The molecule has 0 unspecified atom stereocenters. The highest BCUT2D eigenvalue weighted by Crippen LogP contribution is 2.20. The van der Waals surface area contributed by atoms with Crippen molar-refractivity contribution < 1.29 is 23.9 Å². The van der Waals surface area contributed by atoms with Crippen molar-refractivity contribution in [3.05, 3.63) is 84.1 Å². The molecule has 2 aromatic rings. The molecule has 0 atom stereocenters. The summed E-state index contributed by atoms with van der Waals surface area (Å²) in [6.45, 7) is 1.28. The number of esters is 2. The second-order valence-electron chi connectivity index (χ2n) is 5.84. The smallest absolute Gasteiger partial charge is 0.347 e. The molecule has 1 heterocycles. The van der Waals surface area contributed by atoms with Gasteiger partial charge in [0.1, 0.15) is 17.1 Å². The Bertz CT molecular complexity index is 980. The molecule has 30 heavy (non-hydrogen) atoms. The Labute approximate surface area is 179 Å². The van der Waals surface area contributed by atoms with Gasteiger partial charge in [-0.25, -0.2) is 4.79 Å². The molecular formula is C23H21NO5S. The van der Waals surface area contributed by atoms with E-state index < -0.39 is 11.9 Å². The minimum Gasteiger partial charge on any atom is -0.426 e. The number of carbonyl (C=O) groups excluding carboxylic acids is 3. The summed E-state index contributed by atoms with van der Waals surface area (Å²) in [7, 11) is 0. The van der Waals surface area contributed by atoms with E-state index in [4.69, 9.17) is 9.47 Å². The summed E-state index contributed by atoms with van der Waals surface area (Å²) in [5.74, 6) is -0.427. The number of carbonyl (C=O) groups is 3. The van der Waals surface area contributed by atoms with Crippen LogP contribution in [-0.2, 0) is 9.59 Å². The maximum Gasteiger partial charge on any atom is 0.347 e. The van der Waals surface area contributed by atoms with E-state index in [0.29, 0.717) is 11.3 Å². The van der Waals surface area contributed by atoms with Crippen molar-refractivity contribution in [2.24, 2.45) is 4.99 Å². The van der Waals surface area contributed by atoms with Gasteiger partial charge in [-0.05, 0) is 36.9 Å². The summed E-state index contributed by atoms with van der Waals surface area (Å²) in [6.07, 6.45) is 9.67. The quantitative estimate of drug-likeness (QED) is 0.527. The Morgan fingerprint density at radius 1 is 0.967 bits per heavy atom. The van der Waals surface area contributed by atoms with E-state index in [-0.39, 0.29) is 16.4 Å². The molecule has 6 nitrogen and oxygen atoms in total. The standard InChI is InChI=1S/C15H12O4.C8H9NOS/c1-11(16)18-14-10-6-5-9-13(14)15(17)19-12-7-3-2-4-8-12;1-11-8(10)7-4-2-3-5-9-6-7/h2-10H,1H3;3-6H,2H2,1H3. The summed E-state index contributed by atoms with van der Waals surface area (Å²) >= 11 is 1.21. The number of ether oxygens (including phenoxy) is 2. The first-order valence-corrected chi connectivity index (χ1v) is 10.2. The topological polar surface area (TPSA) is 82.0 Å². The van der Waals surface area contributed by atoms with Crippen molar-refractivity contribution >= 4 is 35.0 Å². The number of aliphatic imine (C=N–C) groups is 1. The van der Waals surface area contributed by atoms with Crippen molar-refractivity contribution in [2.45, 2.75) is 13.3 Å². The fourth-order valence-corrected chi connectivity index (χ4v) is 2.65. The molecule has 0 saturated carbocycles. The van der Waals surface area contributed by atoms with Gasteiger partial charge in [0.15, 0.2) is 0 Å². The molecule has 0 N–H and O–H groups in total. The van der Waals surface area contributed by atoms with E-state index in [1.807, 2.05) is 18.2 Å². The molecule has 0 aliphatic carbocycles. The van der Waals surface area contributed by atoms with Gasteiger partial charge >= 0.3 is 11.9 Å². The van der Waals surface area contributed by atoms with Gasteiger partial charge in [-0.2, -0.15) is 0 Å². The third-order valence-corrected chi connectivity index (χ3v) is 4.22. The van der Waals surface area contributed by atoms with Crippen LogP contribution in [0.2, 0.25) is 0 Å². The van der Waals surface area contributed by atoms with Gasteiger partial charge in [0.05, 0.1) is 0 Å². The average Bonchev–Trinajstić information content (AvgIpc) is 3.04. The Kier molecular flexibility index (Phi) is 9.27. The molecule has 0 saturated heterocycles. The van der Waals surface area contributed by atoms with Crippen LogP contribution in [0.25, 0.3) is 0 Å². The number of hydrogen-bond acceptors (Lipinski definition) is 7. The molecule has 0 spiro atoms. The zero-order valence-electron chi connectivity index (χ0n) is 16.6. The van der Waals surface area contributed by atoms with Crippen LogP contribution in [0.3, 0.4) is 0 Å². The van der Waals surface area contributed by atoms with Crippen LogP contribution < -0.4 is 9.47 Å². The van der Waals surface area contributed by atoms with Gasteiger partial charge in [-0.3, -0.25) is 14.6 Å². The normalized spacial score (nSPS) is 12.0. The number of nitrogens with zero attached hydrogens (tertiary/aromatic N) is 1. The molecule has 154 valence electrons. The largest absolute Gasteiger partial charge is 0.426 e. The van der Waals surface area contributed by atoms with Gasteiger partial charge in [-0.1, -0.05) is 54.2 Å². The van der Waals surface area contributed by atoms with Crippen molar-refractivity contribution in [1.29, 1.82) is 0 Å². The number of thioether (sulfide) groups is 1. The SMILES string of the molecule is CC(=O)Oc1ccccc1C(=O)Oc1ccccc1.CSC(=O)C1=CCC=CN=C1. The Hall–Kier alpha value is -3.45. The Morgan fingerprint density at radius 2 is 1.67 bits per heavy atom. The second-order valence-corrected chi connectivity index (χ2v) is 6.62. The van der Waals surface area contributed by atoms with Crippen molar-refractivity contribution in [2.75, 3.05) is 6.26 Å². The van der Waals surface area contributed by atoms with Crippen LogP contribution in [0.5, 0.6) is 11.5 Å². The summed E-state index contributed by atoms with van der Waals surface area (Å²) in [6, 6.07) is 15.1. The fourth-order valence-electron chi connectivity index (χ4n) is 2.28. The van der Waals surface area contributed by atoms with Crippen LogP contribution in [-0.4, -0.2) is 29.5 Å². The van der Waals surface area contributed by atoms with Crippen molar-refractivity contribution in [3.63, 3.8) is 0 Å². The van der Waals surface area contributed by atoms with E-state index in [2.05, 4.69) is 4.99 Å². The number of rotatable bonds is 4. The molecule has 0 amide bonds. The van der Waals surface area contributed by atoms with E-state index in [0.717, 1.165) is 6.42 Å². The number of benzene rings is 2. The summed E-state index contributed by atoms with van der Waals surface area (Å²) in [5.41, 5.74) is 0.907. The van der Waals surface area contributed by atoms with Gasteiger partial charge in [0.2, 0.25) is 5.12 Å². The lowest BCUT2D eigenvalue weighted by Crippen LogP contribution is -2.12. The number of allylic oxidation sites excluding steroid dienone is 2. The van der Waals surface area contributed by atoms with Crippen molar-refractivity contribution in [1.82, 2.24) is 0 Å². The first-order chi connectivity index (χ1) is 14.5. The molecule has 1 aliphatic heterocycles. The molecule has 0 radical (unpaired) electrons. The number of para-hydroxylation sites is 2. The first-order valence-electron chi connectivity index (χ1n) is 9.02. The fraction of sp³-hybridized carbons (Fsp3) is 0.130. The summed E-state index contributed by atoms with van der Waals surface area (Å²) in [5, 5.41) is 0.0810. The van der Waals surface area contributed by atoms with E-state index in [1.165, 1.54) is 18.7 Å². The van der Waals surface area contributed by atoms with E-state index in [1.54, 1.807) is 67.2 Å². The molecule has 2 aromatic carbocycles. The van der Waals surface area contributed by atoms with Crippen LogP contribution in [0.1, 0.15) is 23.7 Å². The predicted molar refractivity (Wildman–Crippen MR) is 118 cm³/mol. The first kappa shape index (κ1) is 22.8. The molecule has 0 fully saturated rings. The van der Waals surface area contributed by atoms with Gasteiger partial charge in [0, 0.05) is 24.9 Å². The lowest BCUT2D eigenvalue weighted by Gasteiger charge is -2.08.